The zero-order valence-corrected chi connectivity index (χ0v) is 78.1. The summed E-state index contributed by atoms with van der Waals surface area (Å²) in [5.41, 5.74) is 4.03. The number of rotatable bonds is 18. The highest BCUT2D eigenvalue weighted by molar-refractivity contribution is 5.41. The van der Waals surface area contributed by atoms with Crippen molar-refractivity contribution in [3.05, 3.63) is 261 Å². The molecule has 12 fully saturated rings. The van der Waals surface area contributed by atoms with Crippen LogP contribution in [0.3, 0.4) is 0 Å². The first-order chi connectivity index (χ1) is 72.7. The number of unbranched alkanes of at least 4 members (excludes halogenated alkanes) is 2. The van der Waals surface area contributed by atoms with Gasteiger partial charge in [-0.2, -0.15) is 31.6 Å². The SMILES string of the molecule is [2H]C1([2H])CC2CC(c3cc(F)c(C#N)c(F)c3)CCC2C([2H])([2H])C1/C=C/C.[2H]C1([2H])CC2CC(c3cc(F)c(C#N)c(F)c3)CCC2C([2H])([2H])C1C=C.[2H]C1([2H])CC2CC(c3cc(F)c(C#N)c(F)c3)CCC2C([2H])([2H])C1CCC=C.[2H]C1CC2CC(C=C)CCC2C([2H])([2H])C1c1ccc(C#N)cc1.[2H]C1CC2CC(CCC)CCC2C([2H])([2H])C1c1ccc(C#N)cc1.[2H]C1CC2CC(CCCCC)CCC2C([2H])([2H])C1c1ccc(C#N)cc1. The number of nitriles is 6. The molecular weight excluding hydrogens is 1650 g/mol. The Bertz CT molecular complexity index is 6050. The molecule has 0 aliphatic heterocycles. The molecule has 27 unspecified atom stereocenters. The first kappa shape index (κ1) is 75.9. The number of hydrogen-bond donors (Lipinski definition) is 0. The average Bonchev–Trinajstić information content (AvgIpc) is 0.731. The summed E-state index contributed by atoms with van der Waals surface area (Å²) >= 11 is 0. The van der Waals surface area contributed by atoms with Crippen LogP contribution in [0.5, 0.6) is 0 Å². The molecular formula is C121H150F6N6. The van der Waals surface area contributed by atoms with Gasteiger partial charge in [-0.1, -0.05) is 138 Å². The van der Waals surface area contributed by atoms with Crippen LogP contribution in [-0.4, -0.2) is 0 Å². The molecule has 6 aromatic carbocycles. The monoisotopic (exact) mass is 1820 g/mol. The van der Waals surface area contributed by atoms with Crippen LogP contribution in [-0.2, 0) is 0 Å². The van der Waals surface area contributed by atoms with Crippen molar-refractivity contribution in [3.8, 4) is 36.4 Å². The van der Waals surface area contributed by atoms with Crippen molar-refractivity contribution in [2.75, 3.05) is 0 Å². The summed E-state index contributed by atoms with van der Waals surface area (Å²) in [6.45, 7) is 17.4. The van der Waals surface area contributed by atoms with E-state index in [1.807, 2.05) is 42.5 Å². The Labute approximate surface area is 825 Å². The number of fused-ring (bicyclic) bond motifs is 6. The van der Waals surface area contributed by atoms with Crippen LogP contribution in [0, 0.1) is 209 Å². The molecule has 12 aliphatic carbocycles. The van der Waals surface area contributed by atoms with Gasteiger partial charge in [0.05, 0.1) is 34.9 Å². The molecule has 6 aromatic rings. The second-order valence-electron chi connectivity index (χ2n) is 39.5. The van der Waals surface area contributed by atoms with Gasteiger partial charge in [0.15, 0.2) is 0 Å². The van der Waals surface area contributed by atoms with Crippen molar-refractivity contribution < 1.29 is 55.1 Å². The number of nitrogens with zero attached hydrogens (tertiary/aromatic N) is 6. The Balaban J connectivity index is 0.000000154. The Kier molecular flexibility index (Phi) is 28.9. The molecule has 6 nitrogen and oxygen atoms in total. The van der Waals surface area contributed by atoms with Crippen LogP contribution >= 0.6 is 0 Å². The fraction of sp³-hybridized carbons (Fsp3) is 0.587. The van der Waals surface area contributed by atoms with Crippen molar-refractivity contribution >= 4 is 0 Å². The van der Waals surface area contributed by atoms with E-state index in [1.165, 1.54) is 99.2 Å². The van der Waals surface area contributed by atoms with Gasteiger partial charge in [0, 0.05) is 28.8 Å². The molecule has 12 heteroatoms. The second kappa shape index (κ2) is 50.6. The summed E-state index contributed by atoms with van der Waals surface area (Å²) in [6.07, 6.45) is 19.1. The third-order valence-corrected chi connectivity index (χ3v) is 31.1. The summed E-state index contributed by atoms with van der Waals surface area (Å²) in [4.78, 5) is 0. The molecule has 12 aliphatic rings. The Morgan fingerprint density at radius 3 is 1.03 bits per heavy atom. The predicted molar refractivity (Wildman–Crippen MR) is 526 cm³/mol. The van der Waals surface area contributed by atoms with Crippen LogP contribution < -0.4 is 0 Å². The molecule has 133 heavy (non-hydrogen) atoms. The van der Waals surface area contributed by atoms with E-state index in [9.17, 15) is 26.3 Å². The van der Waals surface area contributed by atoms with Gasteiger partial charge in [-0.25, -0.2) is 26.3 Å². The van der Waals surface area contributed by atoms with Gasteiger partial charge < -0.3 is 0 Å². The van der Waals surface area contributed by atoms with Crippen LogP contribution in [0.4, 0.5) is 26.3 Å². The number of allylic oxidation sites excluding steroid dienone is 5. The molecule has 0 aromatic heterocycles. The van der Waals surface area contributed by atoms with Gasteiger partial charge in [-0.15, -0.1) is 19.7 Å². The molecule has 0 N–H and O–H groups in total. The maximum absolute atomic E-state index is 14.0. The fourth-order valence-corrected chi connectivity index (χ4v) is 23.6. The van der Waals surface area contributed by atoms with Gasteiger partial charge in [-0.05, 0) is 479 Å². The summed E-state index contributed by atoms with van der Waals surface area (Å²) in [7, 11) is 0. The molecule has 18 rings (SSSR count). The summed E-state index contributed by atoms with van der Waals surface area (Å²) in [6, 6.07) is 39.6. The van der Waals surface area contributed by atoms with E-state index >= 15 is 0 Å². The molecule has 0 saturated heterocycles. The van der Waals surface area contributed by atoms with E-state index in [-0.39, 0.29) is 102 Å². The van der Waals surface area contributed by atoms with E-state index in [0.29, 0.717) is 128 Å². The summed E-state index contributed by atoms with van der Waals surface area (Å²) < 4.78 is 264. The van der Waals surface area contributed by atoms with Crippen molar-refractivity contribution in [1.29, 1.82) is 31.6 Å². The molecule has 12 saturated carbocycles. The van der Waals surface area contributed by atoms with Gasteiger partial charge in [-0.3, -0.25) is 0 Å². The highest BCUT2D eigenvalue weighted by atomic mass is 19.2. The normalized spacial score (nSPS) is 38.5. The highest BCUT2D eigenvalue weighted by Crippen LogP contribution is 2.55. The standard InChI is InChI=1S/C22H31N.C21H25F2N.C20H23F2N.C20H27N.C19H21F2N.C19H23N/c1-2-3-4-5-17-6-11-22-15-21(13-12-20(22)14-17)19-9-7-18(16-23)8-10-19;1-2-3-4-14-5-6-16-10-17(8-7-15(16)9-14)18-11-20(22)19(13-24)21(23)12-18;1-2-3-13-4-5-15-9-16(7-6-14(15)8-13)17-10-19(21)18(12-23)20(22)11-17;1-2-3-15-4-9-20-13-19(11-10-18(20)12-15)17-7-5-16(14-21)6-8-17;1-2-12-3-4-14-8-15(6-5-13(14)7-12)16-9-18(20)17(11-22)19(21)10-16;1-2-14-3-8-19-12-18(10-9-17(19)11-14)16-6-4-15(13-20)5-7-16/h7-10,17,20-22H,2-6,11-15H2,1H3;2,11-12,14-17H,1,3-10H2;2-3,10-11,13-16H,4-9H2,1H3;5-8,15,18-20H,2-4,9-13H2,1H3;2,9-10,12-15H,1,3-8H2;2,4-7,14,17-19H,1,3,8-12H2/b;;3-2+;;;/i13D,15D2;5D2,9D2;4D2,8D2;11D,13D2;3D2,7D2;10D,12D2. The minimum absolute atomic E-state index is 0.0287. The number of halogens is 6. The highest BCUT2D eigenvalue weighted by Gasteiger charge is 2.43. The maximum Gasteiger partial charge on any atom is 0.144 e. The van der Waals surface area contributed by atoms with Crippen LogP contribution in [0.15, 0.2) is 159 Å². The van der Waals surface area contributed by atoms with Crippen LogP contribution in [0.25, 0.3) is 0 Å². The van der Waals surface area contributed by atoms with Crippen molar-refractivity contribution in [1.82, 2.24) is 0 Å². The van der Waals surface area contributed by atoms with E-state index in [4.69, 9.17) is 60.4 Å². The Morgan fingerprint density at radius 1 is 0.316 bits per heavy atom. The molecule has 27 atom stereocenters. The third-order valence-electron chi connectivity index (χ3n) is 31.1. The summed E-state index contributed by atoms with van der Waals surface area (Å²) in [5, 5.41) is 53.3. The largest absolute Gasteiger partial charge is 0.205 e. The first-order valence-electron chi connectivity index (χ1n) is 60.4. The summed E-state index contributed by atoms with van der Waals surface area (Å²) in [5.74, 6) is -7.50. The second-order valence-corrected chi connectivity index (χ2v) is 39.5. The average molecular weight is 1820 g/mol. The Hall–Kier alpha value is -9.20. The lowest BCUT2D eigenvalue weighted by atomic mass is 9.63. The molecule has 0 amide bonds. The van der Waals surface area contributed by atoms with Crippen LogP contribution in [0.2, 0.25) is 0 Å². The van der Waals surface area contributed by atoms with E-state index < -0.39 is 152 Å². The molecule has 0 heterocycles. The first-order valence-corrected chi connectivity index (χ1v) is 49.7. The van der Waals surface area contributed by atoms with Gasteiger partial charge >= 0.3 is 0 Å². The van der Waals surface area contributed by atoms with E-state index in [1.54, 1.807) is 61.5 Å². The maximum atomic E-state index is 14.0. The molecule has 0 radical (unpaired) electrons. The molecule has 706 valence electrons. The fourth-order valence-electron chi connectivity index (χ4n) is 23.6. The van der Waals surface area contributed by atoms with Gasteiger partial charge in [0.1, 0.15) is 69.8 Å². The number of benzene rings is 6. The lowest BCUT2D eigenvalue weighted by molar-refractivity contribution is 0.113. The van der Waals surface area contributed by atoms with E-state index in [0.717, 1.165) is 106 Å². The Morgan fingerprint density at radius 2 is 0.662 bits per heavy atom. The smallest absolute Gasteiger partial charge is 0.144 e. The quantitative estimate of drug-likeness (QED) is 0.0476. The van der Waals surface area contributed by atoms with Crippen molar-refractivity contribution in [2.24, 2.45) is 107 Å². The van der Waals surface area contributed by atoms with Crippen LogP contribution in [0.1, 0.15) is 434 Å². The van der Waals surface area contributed by atoms with Gasteiger partial charge in [0.25, 0.3) is 0 Å². The van der Waals surface area contributed by atoms with Crippen molar-refractivity contribution in [2.45, 2.75) is 338 Å². The topological polar surface area (TPSA) is 143 Å². The number of hydrogen-bond acceptors (Lipinski definition) is 6. The lowest BCUT2D eigenvalue weighted by Crippen LogP contribution is -2.30. The van der Waals surface area contributed by atoms with Crippen molar-refractivity contribution in [3.63, 3.8) is 0 Å². The van der Waals surface area contributed by atoms with E-state index in [2.05, 4.69) is 51.8 Å². The molecule has 0 bridgehead atoms. The predicted octanol–water partition coefficient (Wildman–Crippen LogP) is 34.3. The molecule has 0 spiro atoms. The zero-order chi connectivity index (χ0) is 113. The third kappa shape index (κ3) is 27.4. The minimum Gasteiger partial charge on any atom is -0.205 e. The zero-order valence-electron chi connectivity index (χ0n) is 99.1. The van der Waals surface area contributed by atoms with Gasteiger partial charge in [0.2, 0.25) is 0 Å². The minimum atomic E-state index is -1.70. The lowest BCUT2D eigenvalue weighted by Gasteiger charge is -2.42.